The third-order valence-corrected chi connectivity index (χ3v) is 3.92. The number of nitrogen functional groups attached to an aromatic ring is 2. The van der Waals surface area contributed by atoms with Gasteiger partial charge in [-0.05, 0) is 47.5 Å². The average Bonchev–Trinajstić information content (AvgIpc) is 2.57. The highest BCUT2D eigenvalue weighted by molar-refractivity contribution is 6.04. The summed E-state index contributed by atoms with van der Waals surface area (Å²) in [5, 5.41) is 29.3. The summed E-state index contributed by atoms with van der Waals surface area (Å²) in [5.41, 5.74) is 14.2. The van der Waals surface area contributed by atoms with Crippen LogP contribution in [-0.2, 0) is 0 Å². The van der Waals surface area contributed by atoms with E-state index in [1.807, 2.05) is 0 Å². The van der Waals surface area contributed by atoms with Crippen LogP contribution in [0.3, 0.4) is 0 Å². The fraction of sp³-hybridized carbons (Fsp3) is 0. The predicted octanol–water partition coefficient (Wildman–Crippen LogP) is 3.29. The van der Waals surface area contributed by atoms with Crippen molar-refractivity contribution in [3.8, 4) is 33.8 Å². The first-order chi connectivity index (χ1) is 11.9. The monoisotopic (exact) mass is 336 g/mol. The van der Waals surface area contributed by atoms with Gasteiger partial charge in [0.2, 0.25) is 0 Å². The van der Waals surface area contributed by atoms with Gasteiger partial charge in [-0.3, -0.25) is 0 Å². The van der Waals surface area contributed by atoms with E-state index in [1.54, 1.807) is 18.2 Å². The van der Waals surface area contributed by atoms with Crippen molar-refractivity contribution in [2.75, 3.05) is 11.5 Å². The summed E-state index contributed by atoms with van der Waals surface area (Å²) in [6.07, 6.45) is 0. The molecule has 0 unspecified atom stereocenters. The van der Waals surface area contributed by atoms with E-state index in [2.05, 4.69) is 0 Å². The van der Waals surface area contributed by atoms with Gasteiger partial charge in [0, 0.05) is 16.8 Å². The minimum Gasteiger partial charge on any atom is -0.508 e. The van der Waals surface area contributed by atoms with Crippen LogP contribution in [-0.4, -0.2) is 21.3 Å². The van der Waals surface area contributed by atoms with Gasteiger partial charge in [-0.1, -0.05) is 18.2 Å². The van der Waals surface area contributed by atoms with Crippen molar-refractivity contribution in [3.05, 3.63) is 60.2 Å². The zero-order valence-corrected chi connectivity index (χ0v) is 13.1. The summed E-state index contributed by atoms with van der Waals surface area (Å²) < 4.78 is 0. The molecule has 0 fully saturated rings. The van der Waals surface area contributed by atoms with Crippen molar-refractivity contribution in [2.45, 2.75) is 0 Å². The molecule has 0 spiro atoms. The molecular weight excluding hydrogens is 320 g/mol. The number of benzene rings is 3. The molecule has 6 heteroatoms. The average molecular weight is 336 g/mol. The van der Waals surface area contributed by atoms with Crippen molar-refractivity contribution >= 4 is 17.3 Å². The fourth-order valence-corrected chi connectivity index (χ4v) is 2.77. The zero-order chi connectivity index (χ0) is 18.1. The van der Waals surface area contributed by atoms with Gasteiger partial charge in [-0.25, -0.2) is 4.79 Å². The van der Waals surface area contributed by atoms with Crippen molar-refractivity contribution in [2.24, 2.45) is 0 Å². The molecule has 7 N–H and O–H groups in total. The third kappa shape index (κ3) is 2.92. The highest BCUT2D eigenvalue weighted by Crippen LogP contribution is 2.41. The van der Waals surface area contributed by atoms with Gasteiger partial charge in [-0.15, -0.1) is 0 Å². The molecular formula is C19H16N2O4. The number of carboxylic acids is 1. The Hall–Kier alpha value is -3.67. The van der Waals surface area contributed by atoms with E-state index in [9.17, 15) is 20.1 Å². The molecule has 0 saturated heterocycles. The lowest BCUT2D eigenvalue weighted by Gasteiger charge is -2.17. The number of phenolic OH excluding ortho intramolecular Hbond substituents is 2. The molecule has 6 nitrogen and oxygen atoms in total. The lowest BCUT2D eigenvalue weighted by Crippen LogP contribution is -2.04. The summed E-state index contributed by atoms with van der Waals surface area (Å²) >= 11 is 0. The Balaban J connectivity index is 2.39. The maximum absolute atomic E-state index is 11.7. The highest BCUT2D eigenvalue weighted by atomic mass is 16.4. The molecule has 0 heterocycles. The van der Waals surface area contributed by atoms with Gasteiger partial charge in [0.1, 0.15) is 11.5 Å². The van der Waals surface area contributed by atoms with Crippen LogP contribution in [0, 0.1) is 0 Å². The maximum atomic E-state index is 11.7. The Morgan fingerprint density at radius 2 is 1.48 bits per heavy atom. The summed E-state index contributed by atoms with van der Waals surface area (Å²) in [4.78, 5) is 11.7. The minimum absolute atomic E-state index is 0.00219. The Kier molecular flexibility index (Phi) is 3.94. The molecule has 0 saturated carbocycles. The molecule has 0 aliphatic rings. The van der Waals surface area contributed by atoms with Gasteiger partial charge < -0.3 is 26.8 Å². The van der Waals surface area contributed by atoms with Crippen LogP contribution in [0.25, 0.3) is 22.3 Å². The first kappa shape index (κ1) is 16.2. The number of nitrogens with two attached hydrogens (primary N) is 2. The number of anilines is 2. The van der Waals surface area contributed by atoms with Crippen molar-refractivity contribution < 1.29 is 20.1 Å². The second-order valence-electron chi connectivity index (χ2n) is 5.58. The number of phenols is 2. The number of carbonyl (C=O) groups is 1. The molecule has 0 aliphatic carbocycles. The number of hydrogen-bond donors (Lipinski definition) is 5. The normalized spacial score (nSPS) is 10.6. The molecule has 3 aromatic carbocycles. The highest BCUT2D eigenvalue weighted by Gasteiger charge is 2.20. The number of aromatic hydroxyl groups is 2. The van der Waals surface area contributed by atoms with E-state index >= 15 is 0 Å². The third-order valence-electron chi connectivity index (χ3n) is 3.92. The van der Waals surface area contributed by atoms with E-state index < -0.39 is 5.97 Å². The van der Waals surface area contributed by atoms with Gasteiger partial charge in [0.05, 0.1) is 11.3 Å². The maximum Gasteiger partial charge on any atom is 0.336 e. The molecule has 0 bridgehead atoms. The standard InChI is InChI=1S/C19H16N2O4/c20-14-6-4-11(9-16(14)23)18-15(21)7-5-13(19(24)25)17(18)10-2-1-3-12(22)8-10/h1-9,22-23H,20-21H2,(H,24,25). The number of aromatic carboxylic acids is 1. The molecule has 3 aromatic rings. The summed E-state index contributed by atoms with van der Waals surface area (Å²) in [6, 6.07) is 13.8. The fourth-order valence-electron chi connectivity index (χ4n) is 2.77. The summed E-state index contributed by atoms with van der Waals surface area (Å²) in [6.45, 7) is 0. The molecule has 25 heavy (non-hydrogen) atoms. The lowest BCUT2D eigenvalue weighted by molar-refractivity contribution is 0.0698. The molecule has 0 radical (unpaired) electrons. The van der Waals surface area contributed by atoms with E-state index in [1.165, 1.54) is 36.4 Å². The SMILES string of the molecule is Nc1ccc(-c2c(N)ccc(C(=O)O)c2-c2cccc(O)c2)cc1O. The van der Waals surface area contributed by atoms with Crippen LogP contribution in [0.5, 0.6) is 11.5 Å². The Labute approximate surface area is 143 Å². The molecule has 0 atom stereocenters. The first-order valence-corrected chi connectivity index (χ1v) is 7.42. The van der Waals surface area contributed by atoms with E-state index in [0.29, 0.717) is 27.9 Å². The summed E-state index contributed by atoms with van der Waals surface area (Å²) in [7, 11) is 0. The van der Waals surface area contributed by atoms with Crippen molar-refractivity contribution in [1.82, 2.24) is 0 Å². The van der Waals surface area contributed by atoms with Crippen LogP contribution in [0.1, 0.15) is 10.4 Å². The smallest absolute Gasteiger partial charge is 0.336 e. The Morgan fingerprint density at radius 1 is 0.800 bits per heavy atom. The van der Waals surface area contributed by atoms with Gasteiger partial charge in [0.25, 0.3) is 0 Å². The van der Waals surface area contributed by atoms with Crippen molar-refractivity contribution in [1.29, 1.82) is 0 Å². The predicted molar refractivity (Wildman–Crippen MR) is 96.4 cm³/mol. The van der Waals surface area contributed by atoms with Crippen LogP contribution in [0.15, 0.2) is 54.6 Å². The lowest BCUT2D eigenvalue weighted by atomic mass is 9.89. The molecule has 3 rings (SSSR count). The molecule has 0 amide bonds. The van der Waals surface area contributed by atoms with Crippen LogP contribution >= 0.6 is 0 Å². The molecule has 126 valence electrons. The quantitative estimate of drug-likeness (QED) is 0.368. The zero-order valence-electron chi connectivity index (χ0n) is 13.1. The van der Waals surface area contributed by atoms with Gasteiger partial charge in [0.15, 0.2) is 0 Å². The van der Waals surface area contributed by atoms with E-state index in [-0.39, 0.29) is 22.7 Å². The van der Waals surface area contributed by atoms with Crippen molar-refractivity contribution in [3.63, 3.8) is 0 Å². The minimum atomic E-state index is -1.13. The molecule has 0 aromatic heterocycles. The topological polar surface area (TPSA) is 130 Å². The Morgan fingerprint density at radius 3 is 2.12 bits per heavy atom. The van der Waals surface area contributed by atoms with Crippen LogP contribution in [0.2, 0.25) is 0 Å². The second kappa shape index (κ2) is 6.09. The van der Waals surface area contributed by atoms with E-state index in [0.717, 1.165) is 0 Å². The van der Waals surface area contributed by atoms with E-state index in [4.69, 9.17) is 11.5 Å². The van der Waals surface area contributed by atoms with Crippen LogP contribution < -0.4 is 11.5 Å². The van der Waals surface area contributed by atoms with Crippen LogP contribution in [0.4, 0.5) is 11.4 Å². The summed E-state index contributed by atoms with van der Waals surface area (Å²) in [5.74, 6) is -1.25. The Bertz CT molecular complexity index is 983. The first-order valence-electron chi connectivity index (χ1n) is 7.42. The number of rotatable bonds is 3. The largest absolute Gasteiger partial charge is 0.508 e. The molecule has 0 aliphatic heterocycles. The van der Waals surface area contributed by atoms with Gasteiger partial charge >= 0.3 is 5.97 Å². The van der Waals surface area contributed by atoms with Gasteiger partial charge in [-0.2, -0.15) is 0 Å². The second-order valence-corrected chi connectivity index (χ2v) is 5.58. The number of carboxylic acid groups (broad SMARTS) is 1. The number of hydrogen-bond acceptors (Lipinski definition) is 5.